The van der Waals surface area contributed by atoms with Crippen LogP contribution in [-0.2, 0) is 0 Å². The van der Waals surface area contributed by atoms with E-state index in [1.165, 1.54) is 19.5 Å². The fourth-order valence-corrected chi connectivity index (χ4v) is 0.857. The van der Waals surface area contributed by atoms with E-state index in [1.54, 1.807) is 0 Å². The summed E-state index contributed by atoms with van der Waals surface area (Å²) in [6.07, 6.45) is 1.41. The maximum atomic E-state index is 2.47. The summed E-state index contributed by atoms with van der Waals surface area (Å²) in [5, 5.41) is 0. The van der Waals surface area contributed by atoms with E-state index >= 15 is 0 Å². The molecule has 1 fully saturated rings. The average molecular weight is 233 g/mol. The second kappa shape index (κ2) is 20.4. The van der Waals surface area contributed by atoms with Crippen molar-refractivity contribution < 1.29 is 0 Å². The quantitative estimate of drug-likeness (QED) is 0.582. The maximum absolute atomic E-state index is 2.47. The zero-order valence-corrected chi connectivity index (χ0v) is 12.7. The predicted octanol–water partition coefficient (Wildman–Crippen LogP) is 5.45. The van der Waals surface area contributed by atoms with Crippen molar-refractivity contribution in [2.45, 2.75) is 82.2 Å². The van der Waals surface area contributed by atoms with Crippen LogP contribution in [0.3, 0.4) is 0 Å². The predicted molar refractivity (Wildman–Crippen MR) is 81.3 cm³/mol. The maximum Gasteiger partial charge on any atom is 0.00386 e. The fraction of sp³-hybridized carbons (Fsp3) is 1.00. The summed E-state index contributed by atoms with van der Waals surface area (Å²) >= 11 is 0. The molecule has 1 nitrogen and oxygen atoms in total. The fourth-order valence-electron chi connectivity index (χ4n) is 0.857. The third-order valence-corrected chi connectivity index (χ3v) is 1.62. The van der Waals surface area contributed by atoms with Gasteiger partial charge in [0.2, 0.25) is 0 Å². The van der Waals surface area contributed by atoms with Gasteiger partial charge in [0.15, 0.2) is 0 Å². The standard InChI is InChI=1S/C6H13N.C4H10.2C2H6.CH4/c1-6(2)7-4-3-5-7;1-4(2)3;2*1-2;/h6H,3-5H2,1-2H3;4H,1-3H3;2*1-2H3;1H4. The molecule has 1 saturated heterocycles. The van der Waals surface area contributed by atoms with Gasteiger partial charge in [-0.15, -0.1) is 0 Å². The van der Waals surface area contributed by atoms with Gasteiger partial charge in [-0.2, -0.15) is 0 Å². The van der Waals surface area contributed by atoms with E-state index in [0.717, 1.165) is 12.0 Å². The van der Waals surface area contributed by atoms with Crippen LogP contribution in [0.15, 0.2) is 0 Å². The second-order valence-corrected chi connectivity index (χ2v) is 4.22. The van der Waals surface area contributed by atoms with Crippen LogP contribution >= 0.6 is 0 Å². The van der Waals surface area contributed by atoms with Crippen LogP contribution in [0.2, 0.25) is 0 Å². The molecule has 1 heteroatoms. The van der Waals surface area contributed by atoms with Gasteiger partial charge in [-0.05, 0) is 39.3 Å². The minimum atomic E-state index is 0. The summed E-state index contributed by atoms with van der Waals surface area (Å²) in [4.78, 5) is 2.47. The van der Waals surface area contributed by atoms with Crippen LogP contribution in [0.4, 0.5) is 0 Å². The highest BCUT2D eigenvalue weighted by Crippen LogP contribution is 2.08. The Morgan fingerprint density at radius 1 is 0.750 bits per heavy atom. The van der Waals surface area contributed by atoms with Crippen LogP contribution in [0.1, 0.15) is 76.2 Å². The molecular formula is C15H39N. The van der Waals surface area contributed by atoms with E-state index in [1.807, 2.05) is 27.7 Å². The van der Waals surface area contributed by atoms with Crippen LogP contribution in [0, 0.1) is 5.92 Å². The highest BCUT2D eigenvalue weighted by molar-refractivity contribution is 4.71. The first-order valence-electron chi connectivity index (χ1n) is 6.78. The van der Waals surface area contributed by atoms with Crippen molar-refractivity contribution in [1.82, 2.24) is 4.90 Å². The van der Waals surface area contributed by atoms with Gasteiger partial charge >= 0.3 is 0 Å². The van der Waals surface area contributed by atoms with E-state index in [0.29, 0.717) is 0 Å². The largest absolute Gasteiger partial charge is 0.301 e. The van der Waals surface area contributed by atoms with E-state index in [9.17, 15) is 0 Å². The number of rotatable bonds is 1. The van der Waals surface area contributed by atoms with Gasteiger partial charge in [-0.3, -0.25) is 0 Å². The molecule has 1 aliphatic rings. The Kier molecular flexibility index (Phi) is 31.8. The van der Waals surface area contributed by atoms with Gasteiger partial charge in [0.25, 0.3) is 0 Å². The Morgan fingerprint density at radius 3 is 1.00 bits per heavy atom. The number of likely N-dealkylation sites (tertiary alicyclic amines) is 1. The van der Waals surface area contributed by atoms with Gasteiger partial charge in [-0.25, -0.2) is 0 Å². The molecule has 0 N–H and O–H groups in total. The van der Waals surface area contributed by atoms with Crippen molar-refractivity contribution in [2.75, 3.05) is 13.1 Å². The van der Waals surface area contributed by atoms with Crippen molar-refractivity contribution >= 4 is 0 Å². The lowest BCUT2D eigenvalue weighted by atomic mass is 10.2. The summed E-state index contributed by atoms with van der Waals surface area (Å²) in [6, 6.07) is 0.786. The molecule has 0 spiro atoms. The number of hydrogen-bond acceptors (Lipinski definition) is 1. The van der Waals surface area contributed by atoms with E-state index in [2.05, 4.69) is 39.5 Å². The summed E-state index contributed by atoms with van der Waals surface area (Å²) in [6.45, 7) is 21.7. The molecule has 0 aromatic rings. The molecule has 0 atom stereocenters. The van der Waals surface area contributed by atoms with Crippen LogP contribution in [0.25, 0.3) is 0 Å². The van der Waals surface area contributed by atoms with Gasteiger partial charge in [0.1, 0.15) is 0 Å². The first-order valence-corrected chi connectivity index (χ1v) is 6.78. The molecule has 0 bridgehead atoms. The van der Waals surface area contributed by atoms with Gasteiger partial charge < -0.3 is 4.90 Å². The normalized spacial score (nSPS) is 12.9. The molecular weight excluding hydrogens is 194 g/mol. The Labute approximate surface area is 107 Å². The molecule has 1 rings (SSSR count). The van der Waals surface area contributed by atoms with E-state index in [4.69, 9.17) is 0 Å². The van der Waals surface area contributed by atoms with Crippen LogP contribution < -0.4 is 0 Å². The number of nitrogens with zero attached hydrogens (tertiary/aromatic N) is 1. The van der Waals surface area contributed by atoms with Crippen molar-refractivity contribution in [3.63, 3.8) is 0 Å². The molecule has 16 heavy (non-hydrogen) atoms. The minimum absolute atomic E-state index is 0. The molecule has 0 aliphatic carbocycles. The third kappa shape index (κ3) is 23.6. The van der Waals surface area contributed by atoms with Gasteiger partial charge in [-0.1, -0.05) is 55.9 Å². The highest BCUT2D eigenvalue weighted by Gasteiger charge is 2.15. The van der Waals surface area contributed by atoms with Crippen molar-refractivity contribution in [2.24, 2.45) is 5.92 Å². The first-order chi connectivity index (χ1) is 7.04. The summed E-state index contributed by atoms with van der Waals surface area (Å²) in [5.41, 5.74) is 0. The molecule has 0 aromatic heterocycles. The zero-order valence-electron chi connectivity index (χ0n) is 12.7. The van der Waals surface area contributed by atoms with Crippen LogP contribution in [-0.4, -0.2) is 24.0 Å². The highest BCUT2D eigenvalue weighted by atomic mass is 15.2. The lowest BCUT2D eigenvalue weighted by Gasteiger charge is -2.34. The topological polar surface area (TPSA) is 3.24 Å². The third-order valence-electron chi connectivity index (χ3n) is 1.62. The Balaban J connectivity index is -0.0000000702. The monoisotopic (exact) mass is 233 g/mol. The Morgan fingerprint density at radius 2 is 1.00 bits per heavy atom. The van der Waals surface area contributed by atoms with Crippen LogP contribution in [0.5, 0.6) is 0 Å². The number of hydrogen-bond donors (Lipinski definition) is 0. The van der Waals surface area contributed by atoms with Crippen molar-refractivity contribution in [1.29, 1.82) is 0 Å². The van der Waals surface area contributed by atoms with Gasteiger partial charge in [0, 0.05) is 6.04 Å². The Bertz CT molecular complexity index is 80.7. The van der Waals surface area contributed by atoms with E-state index in [-0.39, 0.29) is 7.43 Å². The van der Waals surface area contributed by atoms with Crippen molar-refractivity contribution in [3.05, 3.63) is 0 Å². The molecule has 0 aromatic carbocycles. The molecule has 0 radical (unpaired) electrons. The molecule has 104 valence electrons. The SMILES string of the molecule is C.CC.CC.CC(C)C.CC(C)N1CCC1. The smallest absolute Gasteiger partial charge is 0.00386 e. The zero-order chi connectivity index (χ0) is 12.9. The lowest BCUT2D eigenvalue weighted by molar-refractivity contribution is 0.138. The summed E-state index contributed by atoms with van der Waals surface area (Å²) in [7, 11) is 0. The molecule has 1 aliphatic heterocycles. The summed E-state index contributed by atoms with van der Waals surface area (Å²) < 4.78 is 0. The average Bonchev–Trinajstić information content (AvgIpc) is 2.06. The molecule has 0 saturated carbocycles. The molecule has 0 unspecified atom stereocenters. The first kappa shape index (κ1) is 25.0. The van der Waals surface area contributed by atoms with Gasteiger partial charge in [0.05, 0.1) is 0 Å². The minimum Gasteiger partial charge on any atom is -0.301 e. The lowest BCUT2D eigenvalue weighted by Crippen LogP contribution is -2.41. The van der Waals surface area contributed by atoms with Crippen molar-refractivity contribution in [3.8, 4) is 0 Å². The summed E-state index contributed by atoms with van der Waals surface area (Å²) in [5.74, 6) is 0.833. The second-order valence-electron chi connectivity index (χ2n) is 4.22. The molecule has 1 heterocycles. The molecule has 0 amide bonds. The Hall–Kier alpha value is -0.0400. The van der Waals surface area contributed by atoms with E-state index < -0.39 is 0 Å².